The number of rotatable bonds is 3. The molecule has 1 aromatic heterocycles. The molecule has 1 aliphatic heterocycles. The number of hydrogen-bond donors (Lipinski definition) is 1. The van der Waals surface area contributed by atoms with E-state index in [-0.39, 0.29) is 5.91 Å². The lowest BCUT2D eigenvalue weighted by atomic mass is 10.0. The Hall–Kier alpha value is -1.94. The molecule has 0 atom stereocenters. The van der Waals surface area contributed by atoms with Gasteiger partial charge in [-0.15, -0.1) is 0 Å². The maximum atomic E-state index is 12.4. The average Bonchev–Trinajstić information content (AvgIpc) is 2.96. The van der Waals surface area contributed by atoms with Crippen molar-refractivity contribution in [2.45, 2.75) is 25.8 Å². The summed E-state index contributed by atoms with van der Waals surface area (Å²) in [5, 5.41) is 4.20. The van der Waals surface area contributed by atoms with Crippen molar-refractivity contribution in [1.29, 1.82) is 0 Å². The molecular formula is C17H19ClN2O2. The fourth-order valence-corrected chi connectivity index (χ4v) is 2.99. The molecule has 2 aromatic rings. The van der Waals surface area contributed by atoms with Crippen LogP contribution in [0.3, 0.4) is 0 Å². The molecule has 116 valence electrons. The molecule has 1 aliphatic rings. The zero-order valence-electron chi connectivity index (χ0n) is 12.5. The number of benzene rings is 1. The zero-order chi connectivity index (χ0) is 15.5. The first-order valence-corrected chi connectivity index (χ1v) is 7.87. The van der Waals surface area contributed by atoms with Crippen LogP contribution in [0.4, 0.5) is 5.69 Å². The first-order chi connectivity index (χ1) is 10.6. The summed E-state index contributed by atoms with van der Waals surface area (Å²) in [5.41, 5.74) is 1.62. The summed E-state index contributed by atoms with van der Waals surface area (Å²) in [6.45, 7) is 3.30. The third-order valence-corrected chi connectivity index (χ3v) is 4.43. The highest BCUT2D eigenvalue weighted by molar-refractivity contribution is 6.33. The molecule has 1 saturated heterocycles. The lowest BCUT2D eigenvalue weighted by Gasteiger charge is -2.33. The second kappa shape index (κ2) is 6.44. The monoisotopic (exact) mass is 318 g/mol. The van der Waals surface area contributed by atoms with E-state index in [4.69, 9.17) is 16.0 Å². The maximum absolute atomic E-state index is 12.4. The lowest BCUT2D eigenvalue weighted by Crippen LogP contribution is -2.42. The van der Waals surface area contributed by atoms with Crippen molar-refractivity contribution in [2.75, 3.05) is 18.4 Å². The number of halogens is 1. The zero-order valence-corrected chi connectivity index (χ0v) is 13.3. The van der Waals surface area contributed by atoms with Crippen molar-refractivity contribution in [3.05, 3.63) is 52.9 Å². The van der Waals surface area contributed by atoms with Gasteiger partial charge in [-0.2, -0.15) is 0 Å². The van der Waals surface area contributed by atoms with Gasteiger partial charge in [-0.05, 0) is 38.0 Å². The molecule has 3 rings (SSSR count). The number of nitrogens with one attached hydrogen (secondary N) is 1. The Morgan fingerprint density at radius 2 is 2.00 bits per heavy atom. The minimum Gasteiger partial charge on any atom is -0.469 e. The Kier molecular flexibility index (Phi) is 4.39. The normalized spacial score (nSPS) is 15.8. The number of likely N-dealkylation sites (tertiary alicyclic amines) is 1. The summed E-state index contributed by atoms with van der Waals surface area (Å²) in [6.07, 6.45) is 3.38. The van der Waals surface area contributed by atoms with Gasteiger partial charge in [0.25, 0.3) is 5.91 Å². The number of amides is 1. The molecule has 5 heteroatoms. The van der Waals surface area contributed by atoms with Gasteiger partial charge in [0.1, 0.15) is 5.76 Å². The summed E-state index contributed by atoms with van der Waals surface area (Å²) in [5.74, 6) is 0.740. The van der Waals surface area contributed by atoms with E-state index in [0.717, 1.165) is 36.6 Å². The average molecular weight is 319 g/mol. The standard InChI is InChI=1S/C17H19ClN2O2/c1-12-14(8-11-22-12)17(21)20-9-6-13(7-10-20)19-16-5-3-2-4-15(16)18/h2-5,8,11,13,19H,6-7,9-10H2,1H3. The van der Waals surface area contributed by atoms with Crippen LogP contribution in [0, 0.1) is 6.92 Å². The highest BCUT2D eigenvalue weighted by atomic mass is 35.5. The van der Waals surface area contributed by atoms with Crippen molar-refractivity contribution < 1.29 is 9.21 Å². The molecule has 4 nitrogen and oxygen atoms in total. The maximum Gasteiger partial charge on any atom is 0.257 e. The van der Waals surface area contributed by atoms with E-state index in [1.165, 1.54) is 0 Å². The van der Waals surface area contributed by atoms with Gasteiger partial charge in [-0.1, -0.05) is 23.7 Å². The molecule has 1 aromatic carbocycles. The Morgan fingerprint density at radius 1 is 1.27 bits per heavy atom. The largest absolute Gasteiger partial charge is 0.469 e. The summed E-state index contributed by atoms with van der Waals surface area (Å²) in [7, 11) is 0. The lowest BCUT2D eigenvalue weighted by molar-refractivity contribution is 0.0716. The van der Waals surface area contributed by atoms with Crippen LogP contribution in [0.2, 0.25) is 5.02 Å². The second-order valence-electron chi connectivity index (χ2n) is 5.58. The van der Waals surface area contributed by atoms with Crippen LogP contribution in [0.25, 0.3) is 0 Å². The predicted molar refractivity (Wildman–Crippen MR) is 87.4 cm³/mol. The molecule has 0 aliphatic carbocycles. The van der Waals surface area contributed by atoms with Crippen molar-refractivity contribution in [2.24, 2.45) is 0 Å². The number of carbonyl (C=O) groups excluding carboxylic acids is 1. The van der Waals surface area contributed by atoms with Crippen LogP contribution in [0.1, 0.15) is 29.0 Å². The van der Waals surface area contributed by atoms with E-state index < -0.39 is 0 Å². The summed E-state index contributed by atoms with van der Waals surface area (Å²) >= 11 is 6.17. The molecule has 0 bridgehead atoms. The molecule has 2 heterocycles. The van der Waals surface area contributed by atoms with Gasteiger partial charge in [0, 0.05) is 19.1 Å². The van der Waals surface area contributed by atoms with Crippen LogP contribution in [-0.4, -0.2) is 29.9 Å². The molecule has 1 N–H and O–H groups in total. The van der Waals surface area contributed by atoms with E-state index in [2.05, 4.69) is 5.32 Å². The minimum atomic E-state index is 0.0578. The predicted octanol–water partition coefficient (Wildman–Crippen LogP) is 3.96. The van der Waals surface area contributed by atoms with Crippen LogP contribution in [-0.2, 0) is 0 Å². The van der Waals surface area contributed by atoms with Crippen molar-refractivity contribution in [3.8, 4) is 0 Å². The smallest absolute Gasteiger partial charge is 0.257 e. The molecule has 0 radical (unpaired) electrons. The number of aryl methyl sites for hydroxylation is 1. The van der Waals surface area contributed by atoms with Crippen molar-refractivity contribution in [1.82, 2.24) is 4.90 Å². The quantitative estimate of drug-likeness (QED) is 0.931. The molecule has 1 amide bonds. The molecule has 0 spiro atoms. The van der Waals surface area contributed by atoms with Crippen LogP contribution in [0.5, 0.6) is 0 Å². The molecule has 0 saturated carbocycles. The van der Waals surface area contributed by atoms with E-state index in [1.54, 1.807) is 12.3 Å². The van der Waals surface area contributed by atoms with Gasteiger partial charge in [-0.25, -0.2) is 0 Å². The Bertz CT molecular complexity index is 660. The fraction of sp³-hybridized carbons (Fsp3) is 0.353. The van der Waals surface area contributed by atoms with Gasteiger partial charge >= 0.3 is 0 Å². The SMILES string of the molecule is Cc1occc1C(=O)N1CCC(Nc2ccccc2Cl)CC1. The van der Waals surface area contributed by atoms with E-state index >= 15 is 0 Å². The van der Waals surface area contributed by atoms with Crippen LogP contribution < -0.4 is 5.32 Å². The number of anilines is 1. The van der Waals surface area contributed by atoms with Gasteiger partial charge in [0.15, 0.2) is 0 Å². The second-order valence-corrected chi connectivity index (χ2v) is 5.99. The fourth-order valence-electron chi connectivity index (χ4n) is 2.80. The number of hydrogen-bond acceptors (Lipinski definition) is 3. The Balaban J connectivity index is 1.58. The third kappa shape index (κ3) is 3.12. The number of nitrogens with zero attached hydrogens (tertiary/aromatic N) is 1. The number of piperidine rings is 1. The van der Waals surface area contributed by atoms with Crippen molar-refractivity contribution >= 4 is 23.2 Å². The summed E-state index contributed by atoms with van der Waals surface area (Å²) < 4.78 is 5.22. The van der Waals surface area contributed by atoms with Crippen LogP contribution >= 0.6 is 11.6 Å². The topological polar surface area (TPSA) is 45.5 Å². The first-order valence-electron chi connectivity index (χ1n) is 7.49. The highest BCUT2D eigenvalue weighted by Gasteiger charge is 2.25. The number of furan rings is 1. The van der Waals surface area contributed by atoms with Gasteiger partial charge in [0.05, 0.1) is 22.5 Å². The van der Waals surface area contributed by atoms with Crippen molar-refractivity contribution in [3.63, 3.8) is 0 Å². The Labute approximate surface area is 135 Å². The molecule has 22 heavy (non-hydrogen) atoms. The van der Waals surface area contributed by atoms with Crippen LogP contribution in [0.15, 0.2) is 41.0 Å². The molecule has 0 unspecified atom stereocenters. The summed E-state index contributed by atoms with van der Waals surface area (Å²) in [4.78, 5) is 14.3. The molecule has 1 fully saturated rings. The highest BCUT2D eigenvalue weighted by Crippen LogP contribution is 2.24. The minimum absolute atomic E-state index is 0.0578. The first kappa shape index (κ1) is 15.0. The van der Waals surface area contributed by atoms with E-state index in [1.807, 2.05) is 36.1 Å². The van der Waals surface area contributed by atoms with E-state index in [0.29, 0.717) is 17.4 Å². The number of carbonyl (C=O) groups is 1. The third-order valence-electron chi connectivity index (χ3n) is 4.10. The van der Waals surface area contributed by atoms with Gasteiger partial charge < -0.3 is 14.6 Å². The van der Waals surface area contributed by atoms with Gasteiger partial charge in [0.2, 0.25) is 0 Å². The van der Waals surface area contributed by atoms with Gasteiger partial charge in [-0.3, -0.25) is 4.79 Å². The summed E-state index contributed by atoms with van der Waals surface area (Å²) in [6, 6.07) is 9.83. The molecular weight excluding hydrogens is 300 g/mol. The number of para-hydroxylation sites is 1. The van der Waals surface area contributed by atoms with E-state index in [9.17, 15) is 4.79 Å². The Morgan fingerprint density at radius 3 is 2.64 bits per heavy atom.